The van der Waals surface area contributed by atoms with Crippen molar-refractivity contribution in [2.45, 2.75) is 49.9 Å². The van der Waals surface area contributed by atoms with E-state index in [4.69, 9.17) is 9.79 Å². The first-order valence-corrected chi connectivity index (χ1v) is 14.5. The summed E-state index contributed by atoms with van der Waals surface area (Å²) in [6.45, 7) is -0.271. The monoisotopic (exact) mass is 608 g/mol. The Morgan fingerprint density at radius 3 is 1.88 bits per heavy atom. The molecule has 2 aromatic carbocycles. The molecule has 1 aliphatic rings. The minimum atomic E-state index is -4.81. The highest BCUT2D eigenvalue weighted by atomic mass is 31.2. The zero-order valence-electron chi connectivity index (χ0n) is 22.3. The Bertz CT molecular complexity index is 1290. The number of benzene rings is 2. The van der Waals surface area contributed by atoms with E-state index in [1.165, 1.54) is 36.4 Å². The van der Waals surface area contributed by atoms with E-state index in [2.05, 4.69) is 25.8 Å². The van der Waals surface area contributed by atoms with Crippen LogP contribution in [0.4, 0.5) is 0 Å². The number of nitrogens with one attached hydrogen (secondary N) is 4. The average molecular weight is 609 g/mol. The van der Waals surface area contributed by atoms with Crippen molar-refractivity contribution in [2.24, 2.45) is 0 Å². The molecule has 228 valence electrons. The molecule has 0 aliphatic carbocycles. The molecule has 1 saturated heterocycles. The Morgan fingerprint density at radius 2 is 1.40 bits per heavy atom. The second-order valence-electron chi connectivity index (χ2n) is 9.65. The molecule has 0 radical (unpaired) electrons. The second-order valence-corrected chi connectivity index (χ2v) is 10.8. The Kier molecular flexibility index (Phi) is 11.4. The van der Waals surface area contributed by atoms with Crippen molar-refractivity contribution < 1.29 is 53.4 Å². The lowest BCUT2D eigenvalue weighted by molar-refractivity contribution is -0.143. The van der Waals surface area contributed by atoms with Crippen molar-refractivity contribution in [1.82, 2.24) is 21.3 Å². The number of carboxylic acids is 1. The van der Waals surface area contributed by atoms with Crippen LogP contribution in [0.15, 0.2) is 48.5 Å². The molecule has 0 unspecified atom stereocenters. The number of aliphatic hydroxyl groups is 1. The lowest BCUT2D eigenvalue weighted by Gasteiger charge is -2.25. The van der Waals surface area contributed by atoms with Crippen LogP contribution in [-0.4, -0.2) is 86.1 Å². The number of rotatable bonds is 14. The molecular weight excluding hydrogens is 575 g/mol. The maximum absolute atomic E-state index is 13.5. The van der Waals surface area contributed by atoms with Crippen LogP contribution in [0.2, 0.25) is 0 Å². The van der Waals surface area contributed by atoms with Gasteiger partial charge in [0.1, 0.15) is 29.6 Å². The van der Waals surface area contributed by atoms with Crippen molar-refractivity contribution in [3.63, 3.8) is 0 Å². The molecule has 3 amide bonds. The molecule has 42 heavy (non-hydrogen) atoms. The molecule has 0 aromatic heterocycles. The SMILES string of the molecule is O=C(O)[C@H](CO)NC(=O)[C@H](Cc1ccc(OP(=O)(O)O)cc1)NC(=O)[C@H](Cc1ccc(O)cc1)NC(=O)[C@@H]1CCCN1. The van der Waals surface area contributed by atoms with Gasteiger partial charge in [-0.2, -0.15) is 0 Å². The minimum absolute atomic E-state index is 0.00170. The molecule has 3 rings (SSSR count). The smallest absolute Gasteiger partial charge is 0.508 e. The van der Waals surface area contributed by atoms with Gasteiger partial charge >= 0.3 is 13.8 Å². The maximum atomic E-state index is 13.5. The van der Waals surface area contributed by atoms with Crippen molar-refractivity contribution in [3.05, 3.63) is 59.7 Å². The number of amides is 3. The molecule has 2 aromatic rings. The standard InChI is InChI=1S/C26H33N4O11P/c31-14-22(26(36)37)30-25(35)21(13-16-5-9-18(10-6-16)41-42(38,39)40)29-24(34)20(12-15-3-7-17(32)8-4-15)28-23(33)19-2-1-11-27-19/h3-10,19-22,27,31-32H,1-2,11-14H2,(H,28,33)(H,29,34)(H,30,35)(H,36,37)(H2,38,39,40)/t19-,20-,21-,22-/m0/s1. The Balaban J connectivity index is 1.84. The van der Waals surface area contributed by atoms with Gasteiger partial charge in [-0.15, -0.1) is 0 Å². The third kappa shape index (κ3) is 10.1. The van der Waals surface area contributed by atoms with E-state index in [0.29, 0.717) is 24.1 Å². The van der Waals surface area contributed by atoms with E-state index in [1.54, 1.807) is 12.1 Å². The molecule has 15 nitrogen and oxygen atoms in total. The Labute approximate surface area is 240 Å². The van der Waals surface area contributed by atoms with E-state index in [1.807, 2.05) is 0 Å². The Morgan fingerprint density at radius 1 is 0.881 bits per heavy atom. The van der Waals surface area contributed by atoms with E-state index < -0.39 is 62.3 Å². The van der Waals surface area contributed by atoms with Crippen LogP contribution in [0.3, 0.4) is 0 Å². The minimum Gasteiger partial charge on any atom is -0.508 e. The van der Waals surface area contributed by atoms with Gasteiger partial charge in [0.2, 0.25) is 17.7 Å². The third-order valence-electron chi connectivity index (χ3n) is 6.40. The predicted octanol–water partition coefficient (Wildman–Crippen LogP) is -1.07. The summed E-state index contributed by atoms with van der Waals surface area (Å²) >= 11 is 0. The fourth-order valence-electron chi connectivity index (χ4n) is 4.26. The van der Waals surface area contributed by atoms with Gasteiger partial charge in [-0.05, 0) is 54.8 Å². The van der Waals surface area contributed by atoms with E-state index in [9.17, 15) is 39.1 Å². The number of phosphoric acid groups is 1. The molecule has 1 heterocycles. The van der Waals surface area contributed by atoms with Gasteiger partial charge in [0.25, 0.3) is 0 Å². The highest BCUT2D eigenvalue weighted by Crippen LogP contribution is 2.37. The Hall–Kier alpha value is -4.01. The molecule has 0 bridgehead atoms. The quantitative estimate of drug-likeness (QED) is 0.116. The van der Waals surface area contributed by atoms with Crippen LogP contribution < -0.4 is 25.8 Å². The van der Waals surface area contributed by atoms with Crippen molar-refractivity contribution >= 4 is 31.5 Å². The third-order valence-corrected chi connectivity index (χ3v) is 6.85. The molecule has 1 fully saturated rings. The van der Waals surface area contributed by atoms with Gasteiger partial charge in [0.15, 0.2) is 0 Å². The van der Waals surface area contributed by atoms with Gasteiger partial charge in [-0.25, -0.2) is 9.36 Å². The number of phosphoric ester groups is 1. The summed E-state index contributed by atoms with van der Waals surface area (Å²) in [5.41, 5.74) is 0.999. The maximum Gasteiger partial charge on any atom is 0.524 e. The fraction of sp³-hybridized carbons (Fsp3) is 0.385. The van der Waals surface area contributed by atoms with Gasteiger partial charge in [0.05, 0.1) is 12.6 Å². The molecule has 16 heteroatoms. The van der Waals surface area contributed by atoms with Gasteiger partial charge in [0, 0.05) is 12.8 Å². The first kappa shape index (κ1) is 32.5. The molecular formula is C26H33N4O11P. The molecule has 4 atom stereocenters. The van der Waals surface area contributed by atoms with Crippen LogP contribution in [0.5, 0.6) is 11.5 Å². The summed E-state index contributed by atoms with van der Waals surface area (Å²) in [5.74, 6) is -3.76. The number of carbonyl (C=O) groups excluding carboxylic acids is 3. The number of hydrogen-bond donors (Lipinski definition) is 9. The molecule has 0 saturated carbocycles. The van der Waals surface area contributed by atoms with Crippen LogP contribution in [0.25, 0.3) is 0 Å². The summed E-state index contributed by atoms with van der Waals surface area (Å²) in [6.07, 6.45) is 1.16. The van der Waals surface area contributed by atoms with Crippen molar-refractivity contribution in [1.29, 1.82) is 0 Å². The number of aliphatic carboxylic acids is 1. The summed E-state index contributed by atoms with van der Waals surface area (Å²) in [4.78, 5) is 68.9. The van der Waals surface area contributed by atoms with Gasteiger partial charge < -0.3 is 41.1 Å². The summed E-state index contributed by atoms with van der Waals surface area (Å²) in [7, 11) is -4.81. The zero-order chi connectivity index (χ0) is 30.9. The van der Waals surface area contributed by atoms with E-state index in [0.717, 1.165) is 6.42 Å². The van der Waals surface area contributed by atoms with Crippen LogP contribution >= 0.6 is 7.82 Å². The predicted molar refractivity (Wildman–Crippen MR) is 146 cm³/mol. The molecule has 0 spiro atoms. The number of phenols is 1. The average Bonchev–Trinajstić information content (AvgIpc) is 3.47. The van der Waals surface area contributed by atoms with Crippen LogP contribution in [-0.2, 0) is 36.6 Å². The second kappa shape index (κ2) is 14.8. The zero-order valence-corrected chi connectivity index (χ0v) is 23.2. The van der Waals surface area contributed by atoms with Crippen molar-refractivity contribution in [3.8, 4) is 11.5 Å². The topological polar surface area (TPSA) is 244 Å². The number of carboxylic acid groups (broad SMARTS) is 1. The van der Waals surface area contributed by atoms with Gasteiger partial charge in [-0.3, -0.25) is 24.2 Å². The highest BCUT2D eigenvalue weighted by Gasteiger charge is 2.32. The van der Waals surface area contributed by atoms with Gasteiger partial charge in [-0.1, -0.05) is 24.3 Å². The first-order chi connectivity index (χ1) is 19.8. The van der Waals surface area contributed by atoms with Crippen LogP contribution in [0, 0.1) is 0 Å². The molecule has 1 aliphatic heterocycles. The lowest BCUT2D eigenvalue weighted by atomic mass is 10.0. The molecule has 9 N–H and O–H groups in total. The fourth-order valence-corrected chi connectivity index (χ4v) is 4.65. The highest BCUT2D eigenvalue weighted by molar-refractivity contribution is 7.46. The van der Waals surface area contributed by atoms with E-state index in [-0.39, 0.29) is 24.3 Å². The summed E-state index contributed by atoms with van der Waals surface area (Å²) in [6, 6.07) is 6.52. The largest absolute Gasteiger partial charge is 0.524 e. The number of carbonyl (C=O) groups is 4. The number of hydrogen-bond acceptors (Lipinski definition) is 9. The number of aliphatic hydroxyl groups excluding tert-OH is 1. The van der Waals surface area contributed by atoms with Crippen LogP contribution in [0.1, 0.15) is 24.0 Å². The number of phenolic OH excluding ortho intramolecular Hbond substituents is 1. The first-order valence-electron chi connectivity index (χ1n) is 12.9. The summed E-state index contributed by atoms with van der Waals surface area (Å²) in [5, 5.41) is 38.7. The number of aromatic hydroxyl groups is 1. The van der Waals surface area contributed by atoms with E-state index >= 15 is 0 Å². The normalized spacial score (nSPS) is 17.0. The van der Waals surface area contributed by atoms with Crippen molar-refractivity contribution in [2.75, 3.05) is 13.2 Å². The summed E-state index contributed by atoms with van der Waals surface area (Å²) < 4.78 is 15.6. The lowest BCUT2D eigenvalue weighted by Crippen LogP contribution is -2.58.